The van der Waals surface area contributed by atoms with Crippen molar-refractivity contribution in [2.24, 2.45) is 0 Å². The van der Waals surface area contributed by atoms with Crippen molar-refractivity contribution in [3.05, 3.63) is 56.6 Å². The number of nitrogens with zero attached hydrogens (tertiary/aromatic N) is 1. The molecule has 0 aliphatic heterocycles. The van der Waals surface area contributed by atoms with Crippen molar-refractivity contribution in [2.75, 3.05) is 19.5 Å². The maximum Gasteiger partial charge on any atom is 0.286 e. The van der Waals surface area contributed by atoms with Crippen LogP contribution in [0.4, 0.5) is 11.4 Å². The lowest BCUT2D eigenvalue weighted by atomic mass is 10.1. The normalized spacial score (nSPS) is 10.2. The van der Waals surface area contributed by atoms with Crippen molar-refractivity contribution < 1.29 is 19.2 Å². The molecule has 0 aliphatic rings. The molecule has 126 valence electrons. The molecule has 0 saturated carbocycles. The molecule has 8 heteroatoms. The molecule has 24 heavy (non-hydrogen) atoms. The first-order chi connectivity index (χ1) is 11.4. The third kappa shape index (κ3) is 3.57. The Morgan fingerprint density at radius 3 is 2.33 bits per heavy atom. The van der Waals surface area contributed by atoms with Gasteiger partial charge in [0.1, 0.15) is 5.56 Å². The first-order valence-electron chi connectivity index (χ1n) is 6.85. The lowest BCUT2D eigenvalue weighted by molar-refractivity contribution is -0.385. The highest BCUT2D eigenvalue weighted by Gasteiger charge is 2.24. The molecule has 0 fully saturated rings. The smallest absolute Gasteiger partial charge is 0.286 e. The first-order valence-corrected chi connectivity index (χ1v) is 7.23. The fourth-order valence-corrected chi connectivity index (χ4v) is 2.25. The first kappa shape index (κ1) is 17.6. The molecule has 0 bridgehead atoms. The minimum Gasteiger partial charge on any atom is -0.493 e. The van der Waals surface area contributed by atoms with E-state index in [-0.39, 0.29) is 22.7 Å². The van der Waals surface area contributed by atoms with Gasteiger partial charge < -0.3 is 14.8 Å². The molecule has 0 spiro atoms. The zero-order valence-electron chi connectivity index (χ0n) is 13.3. The maximum atomic E-state index is 12.4. The van der Waals surface area contributed by atoms with E-state index in [1.54, 1.807) is 18.2 Å². The Bertz CT molecular complexity index is 807. The lowest BCUT2D eigenvalue weighted by Crippen LogP contribution is -2.14. The summed E-state index contributed by atoms with van der Waals surface area (Å²) in [6.07, 6.45) is 0. The van der Waals surface area contributed by atoms with Gasteiger partial charge in [0.25, 0.3) is 11.6 Å². The van der Waals surface area contributed by atoms with Crippen LogP contribution < -0.4 is 14.8 Å². The number of hydrogen-bond acceptors (Lipinski definition) is 5. The van der Waals surface area contributed by atoms with Gasteiger partial charge in [-0.2, -0.15) is 0 Å². The van der Waals surface area contributed by atoms with Gasteiger partial charge in [0.2, 0.25) is 0 Å². The largest absolute Gasteiger partial charge is 0.493 e. The zero-order chi connectivity index (χ0) is 17.9. The van der Waals surface area contributed by atoms with E-state index < -0.39 is 10.8 Å². The second-order valence-corrected chi connectivity index (χ2v) is 5.31. The summed E-state index contributed by atoms with van der Waals surface area (Å²) in [6, 6.07) is 7.38. The summed E-state index contributed by atoms with van der Waals surface area (Å²) in [5.74, 6) is -0.267. The second-order valence-electron chi connectivity index (χ2n) is 4.90. The van der Waals surface area contributed by atoms with Crippen molar-refractivity contribution in [3.63, 3.8) is 0 Å². The molecule has 2 aromatic rings. The molecular formula is C16H15ClN2O5. The summed E-state index contributed by atoms with van der Waals surface area (Å²) >= 11 is 6.02. The van der Waals surface area contributed by atoms with Crippen LogP contribution in [0, 0.1) is 17.0 Å². The average Bonchev–Trinajstić information content (AvgIpc) is 2.56. The Morgan fingerprint density at radius 1 is 1.17 bits per heavy atom. The number of carbonyl (C=O) groups is 1. The number of hydrogen-bond donors (Lipinski definition) is 1. The second kappa shape index (κ2) is 7.18. The molecule has 2 aromatic carbocycles. The molecular weight excluding hydrogens is 336 g/mol. The van der Waals surface area contributed by atoms with Gasteiger partial charge >= 0.3 is 0 Å². The fourth-order valence-electron chi connectivity index (χ4n) is 2.07. The Morgan fingerprint density at radius 2 is 1.79 bits per heavy atom. The van der Waals surface area contributed by atoms with Crippen LogP contribution in [0.3, 0.4) is 0 Å². The number of anilines is 1. The zero-order valence-corrected chi connectivity index (χ0v) is 14.0. The number of amides is 1. The number of carbonyl (C=O) groups excluding carboxylic acids is 1. The van der Waals surface area contributed by atoms with Crippen molar-refractivity contribution in [1.82, 2.24) is 0 Å². The van der Waals surface area contributed by atoms with E-state index >= 15 is 0 Å². The van der Waals surface area contributed by atoms with E-state index in [9.17, 15) is 14.9 Å². The summed E-state index contributed by atoms with van der Waals surface area (Å²) in [5, 5.41) is 14.3. The van der Waals surface area contributed by atoms with E-state index in [1.165, 1.54) is 20.3 Å². The number of aryl methyl sites for hydroxylation is 1. The highest BCUT2D eigenvalue weighted by molar-refractivity contribution is 6.31. The molecule has 0 aromatic heterocycles. The highest BCUT2D eigenvalue weighted by Crippen LogP contribution is 2.35. The van der Waals surface area contributed by atoms with E-state index in [4.69, 9.17) is 21.1 Å². The molecule has 0 radical (unpaired) electrons. The topological polar surface area (TPSA) is 90.7 Å². The summed E-state index contributed by atoms with van der Waals surface area (Å²) in [5.41, 5.74) is 0.754. The molecule has 2 rings (SSSR count). The number of rotatable bonds is 5. The van der Waals surface area contributed by atoms with Crippen LogP contribution >= 0.6 is 11.6 Å². The Balaban J connectivity index is 2.43. The number of nitrogens with one attached hydrogen (secondary N) is 1. The third-order valence-corrected chi connectivity index (χ3v) is 3.78. The SMILES string of the molecule is COc1cc(C(=O)Nc2ccc(C)c(Cl)c2)c([N+](=O)[O-])cc1OC. The van der Waals surface area contributed by atoms with Crippen LogP contribution in [0.2, 0.25) is 5.02 Å². The van der Waals surface area contributed by atoms with Gasteiger partial charge in [-0.15, -0.1) is 0 Å². The molecule has 0 atom stereocenters. The number of benzene rings is 2. The predicted octanol–water partition coefficient (Wildman–Crippen LogP) is 3.83. The Labute approximate surface area is 143 Å². The average molecular weight is 351 g/mol. The summed E-state index contributed by atoms with van der Waals surface area (Å²) in [4.78, 5) is 23.0. The van der Waals surface area contributed by atoms with Crippen molar-refractivity contribution in [3.8, 4) is 11.5 Å². The van der Waals surface area contributed by atoms with Crippen LogP contribution in [0.15, 0.2) is 30.3 Å². The van der Waals surface area contributed by atoms with Crippen molar-refractivity contribution >= 4 is 28.9 Å². The van der Waals surface area contributed by atoms with Gasteiger partial charge in [-0.05, 0) is 24.6 Å². The summed E-state index contributed by atoms with van der Waals surface area (Å²) < 4.78 is 10.1. The van der Waals surface area contributed by atoms with E-state index in [0.29, 0.717) is 10.7 Å². The van der Waals surface area contributed by atoms with Crippen molar-refractivity contribution in [1.29, 1.82) is 0 Å². The van der Waals surface area contributed by atoms with Crippen LogP contribution in [0.25, 0.3) is 0 Å². The van der Waals surface area contributed by atoms with Gasteiger partial charge in [0.15, 0.2) is 11.5 Å². The Hall–Kier alpha value is -2.80. The minimum absolute atomic E-state index is 0.144. The number of ether oxygens (including phenoxy) is 2. The van der Waals surface area contributed by atoms with Crippen LogP contribution in [-0.2, 0) is 0 Å². The molecule has 0 saturated heterocycles. The van der Waals surface area contributed by atoms with Gasteiger partial charge in [-0.3, -0.25) is 14.9 Å². The lowest BCUT2D eigenvalue weighted by Gasteiger charge is -2.11. The van der Waals surface area contributed by atoms with E-state index in [2.05, 4.69) is 5.32 Å². The highest BCUT2D eigenvalue weighted by atomic mass is 35.5. The standard InChI is InChI=1S/C16H15ClN2O5/c1-9-4-5-10(6-12(9)17)18-16(20)11-7-14(23-2)15(24-3)8-13(11)19(21)22/h4-8H,1-3H3,(H,18,20). The molecule has 1 amide bonds. The van der Waals surface area contributed by atoms with Gasteiger partial charge in [0, 0.05) is 16.8 Å². The monoisotopic (exact) mass is 350 g/mol. The molecule has 0 aliphatic carbocycles. The molecule has 1 N–H and O–H groups in total. The van der Waals surface area contributed by atoms with Crippen LogP contribution in [-0.4, -0.2) is 25.1 Å². The fraction of sp³-hybridized carbons (Fsp3) is 0.188. The predicted molar refractivity (Wildman–Crippen MR) is 90.3 cm³/mol. The van der Waals surface area contributed by atoms with Gasteiger partial charge in [-0.1, -0.05) is 17.7 Å². The molecule has 0 heterocycles. The minimum atomic E-state index is -0.654. The van der Waals surface area contributed by atoms with Gasteiger partial charge in [-0.25, -0.2) is 0 Å². The summed E-state index contributed by atoms with van der Waals surface area (Å²) in [7, 11) is 2.74. The third-order valence-electron chi connectivity index (χ3n) is 3.37. The van der Waals surface area contributed by atoms with Crippen LogP contribution in [0.5, 0.6) is 11.5 Å². The van der Waals surface area contributed by atoms with Crippen molar-refractivity contribution in [2.45, 2.75) is 6.92 Å². The number of halogens is 1. The quantitative estimate of drug-likeness (QED) is 0.653. The Kier molecular flexibility index (Phi) is 5.25. The van der Waals surface area contributed by atoms with E-state index in [1.807, 2.05) is 6.92 Å². The number of nitro benzene ring substituents is 1. The molecule has 7 nitrogen and oxygen atoms in total. The van der Waals surface area contributed by atoms with Gasteiger partial charge in [0.05, 0.1) is 25.2 Å². The number of methoxy groups -OCH3 is 2. The van der Waals surface area contributed by atoms with E-state index in [0.717, 1.165) is 11.6 Å². The summed E-state index contributed by atoms with van der Waals surface area (Å²) in [6.45, 7) is 1.83. The van der Waals surface area contributed by atoms with Crippen LogP contribution in [0.1, 0.15) is 15.9 Å². The molecule has 0 unspecified atom stereocenters. The number of nitro groups is 1. The maximum absolute atomic E-state index is 12.4.